The van der Waals surface area contributed by atoms with Gasteiger partial charge in [-0.25, -0.2) is 9.18 Å². The normalized spacial score (nSPS) is 17.5. The van der Waals surface area contributed by atoms with Gasteiger partial charge in [0.05, 0.1) is 27.5 Å². The van der Waals surface area contributed by atoms with Crippen LogP contribution >= 0.6 is 11.6 Å². The molecule has 1 heterocycles. The Balaban J connectivity index is 1.67. The summed E-state index contributed by atoms with van der Waals surface area (Å²) in [5.41, 5.74) is 2.76. The highest BCUT2D eigenvalue weighted by Crippen LogP contribution is 2.44. The minimum absolute atomic E-state index is 0.119. The van der Waals surface area contributed by atoms with Crippen LogP contribution in [0.5, 0.6) is 0 Å². The first-order chi connectivity index (χ1) is 15.9. The number of rotatable bonds is 5. The summed E-state index contributed by atoms with van der Waals surface area (Å²) in [5, 5.41) is 14.0. The summed E-state index contributed by atoms with van der Waals surface area (Å²) in [6.45, 7) is 0. The number of carboxylic acids is 1. The Morgan fingerprint density at radius 1 is 1.18 bits per heavy atom. The first-order valence-electron chi connectivity index (χ1n) is 10.8. The lowest BCUT2D eigenvalue weighted by Crippen LogP contribution is -2.23. The van der Waals surface area contributed by atoms with Crippen molar-refractivity contribution in [2.75, 3.05) is 0 Å². The molecule has 6 nitrogen and oxygen atoms in total. The van der Waals surface area contributed by atoms with Gasteiger partial charge in [0, 0.05) is 17.0 Å². The third-order valence-corrected chi connectivity index (χ3v) is 6.76. The highest BCUT2D eigenvalue weighted by molar-refractivity contribution is 6.34. The van der Waals surface area contributed by atoms with E-state index in [4.69, 9.17) is 16.7 Å². The summed E-state index contributed by atoms with van der Waals surface area (Å²) in [6.07, 6.45) is 4.18. The SMILES string of the molecule is O=CC1CCc2c(-c3ccc(C(=O)O)cc3F)nn(C(=O)c3c(Cl)cccc3C3CC3)c2C1. The Morgan fingerprint density at radius 3 is 2.64 bits per heavy atom. The maximum absolute atomic E-state index is 14.9. The summed E-state index contributed by atoms with van der Waals surface area (Å²) in [5.74, 6) is -2.36. The molecule has 2 aliphatic carbocycles. The van der Waals surface area contributed by atoms with Crippen molar-refractivity contribution in [3.63, 3.8) is 0 Å². The van der Waals surface area contributed by atoms with Gasteiger partial charge in [-0.15, -0.1) is 0 Å². The van der Waals surface area contributed by atoms with Crippen molar-refractivity contribution in [2.24, 2.45) is 5.92 Å². The average Bonchev–Trinajstić information content (AvgIpc) is 3.59. The Labute approximate surface area is 194 Å². The number of carboxylic acid groups (broad SMARTS) is 1. The van der Waals surface area contributed by atoms with Crippen LogP contribution in [0.2, 0.25) is 5.02 Å². The number of carbonyl (C=O) groups excluding carboxylic acids is 2. The van der Waals surface area contributed by atoms with E-state index in [-0.39, 0.29) is 28.7 Å². The second-order valence-corrected chi connectivity index (χ2v) is 9.02. The molecular weight excluding hydrogens is 447 g/mol. The second kappa shape index (κ2) is 8.23. The lowest BCUT2D eigenvalue weighted by Gasteiger charge is -2.19. The maximum Gasteiger partial charge on any atom is 0.335 e. The molecule has 1 saturated carbocycles. The van der Waals surface area contributed by atoms with Crippen molar-refractivity contribution >= 4 is 29.8 Å². The summed E-state index contributed by atoms with van der Waals surface area (Å²) < 4.78 is 16.2. The number of carbonyl (C=O) groups is 3. The topological polar surface area (TPSA) is 89.3 Å². The number of benzene rings is 2. The number of fused-ring (bicyclic) bond motifs is 1. The van der Waals surface area contributed by atoms with Crippen molar-refractivity contribution in [1.82, 2.24) is 9.78 Å². The molecule has 168 valence electrons. The molecule has 8 heteroatoms. The highest BCUT2D eigenvalue weighted by Gasteiger charge is 2.34. The predicted octanol–water partition coefficient (Wildman–Crippen LogP) is 4.91. The smallest absolute Gasteiger partial charge is 0.335 e. The van der Waals surface area contributed by atoms with Crippen molar-refractivity contribution in [3.8, 4) is 11.3 Å². The average molecular weight is 467 g/mol. The number of halogens is 2. The Bertz CT molecular complexity index is 1310. The summed E-state index contributed by atoms with van der Waals surface area (Å²) >= 11 is 6.45. The lowest BCUT2D eigenvalue weighted by atomic mass is 9.86. The van der Waals surface area contributed by atoms with Crippen molar-refractivity contribution in [2.45, 2.75) is 38.0 Å². The Kier molecular flexibility index (Phi) is 5.37. The molecule has 3 aromatic rings. The second-order valence-electron chi connectivity index (χ2n) is 8.61. The van der Waals surface area contributed by atoms with Crippen LogP contribution in [-0.2, 0) is 17.6 Å². The Hall–Kier alpha value is -3.32. The van der Waals surface area contributed by atoms with Crippen molar-refractivity contribution in [3.05, 3.63) is 75.2 Å². The molecule has 0 radical (unpaired) electrons. The molecule has 1 N–H and O–H groups in total. The van der Waals surface area contributed by atoms with E-state index < -0.39 is 17.7 Å². The zero-order chi connectivity index (χ0) is 23.3. The lowest BCUT2D eigenvalue weighted by molar-refractivity contribution is -0.111. The van der Waals surface area contributed by atoms with E-state index in [0.29, 0.717) is 41.1 Å². The third-order valence-electron chi connectivity index (χ3n) is 6.44. The van der Waals surface area contributed by atoms with Crippen molar-refractivity contribution < 1.29 is 23.9 Å². The first kappa shape index (κ1) is 21.5. The van der Waals surface area contributed by atoms with Crippen molar-refractivity contribution in [1.29, 1.82) is 0 Å². The fourth-order valence-corrected chi connectivity index (χ4v) is 4.85. The number of hydrogen-bond acceptors (Lipinski definition) is 4. The van der Waals surface area contributed by atoms with Gasteiger partial charge >= 0.3 is 5.97 Å². The molecule has 0 saturated heterocycles. The van der Waals surface area contributed by atoms with Gasteiger partial charge in [-0.2, -0.15) is 9.78 Å². The van der Waals surface area contributed by atoms with Crippen LogP contribution in [0, 0.1) is 11.7 Å². The Morgan fingerprint density at radius 2 is 1.97 bits per heavy atom. The molecule has 0 amide bonds. The van der Waals surface area contributed by atoms with Gasteiger partial charge in [0.2, 0.25) is 0 Å². The number of hydrogen-bond donors (Lipinski definition) is 1. The third kappa shape index (κ3) is 3.76. The van der Waals surface area contributed by atoms with Gasteiger partial charge < -0.3 is 9.90 Å². The standard InChI is InChI=1S/C25H20ClFN2O4/c26-19-3-1-2-16(14-5-6-14)22(19)24(31)29-21-10-13(12-30)4-8-18(21)23(28-29)17-9-7-15(25(32)33)11-20(17)27/h1-3,7,9,11-14H,4-6,8,10H2,(H,32,33). The van der Waals surface area contributed by atoms with Crippen LogP contribution in [-0.4, -0.2) is 33.0 Å². The van der Waals surface area contributed by atoms with Crippen LogP contribution in [0.25, 0.3) is 11.3 Å². The predicted molar refractivity (Wildman–Crippen MR) is 119 cm³/mol. The fraction of sp³-hybridized carbons (Fsp3) is 0.280. The van der Waals surface area contributed by atoms with Crippen LogP contribution in [0.1, 0.15) is 62.7 Å². The molecule has 2 aromatic carbocycles. The van der Waals surface area contributed by atoms with E-state index in [9.17, 15) is 18.8 Å². The summed E-state index contributed by atoms with van der Waals surface area (Å²) in [7, 11) is 0. The molecule has 0 bridgehead atoms. The van der Waals surface area contributed by atoms with E-state index in [1.54, 1.807) is 6.07 Å². The monoisotopic (exact) mass is 466 g/mol. The molecule has 0 spiro atoms. The maximum atomic E-state index is 14.9. The van der Waals surface area contributed by atoms with E-state index in [1.807, 2.05) is 12.1 Å². The molecule has 1 atom stereocenters. The molecule has 0 aliphatic heterocycles. The van der Waals surface area contributed by atoms with E-state index >= 15 is 0 Å². The van der Waals surface area contributed by atoms with Gasteiger partial charge in [-0.3, -0.25) is 4.79 Å². The number of aromatic carboxylic acids is 1. The van der Waals surface area contributed by atoms with Gasteiger partial charge in [0.15, 0.2) is 0 Å². The van der Waals surface area contributed by atoms with E-state index in [1.165, 1.54) is 16.8 Å². The zero-order valence-electron chi connectivity index (χ0n) is 17.6. The summed E-state index contributed by atoms with van der Waals surface area (Å²) in [6, 6.07) is 9.00. The van der Waals surface area contributed by atoms with Crippen LogP contribution in [0.4, 0.5) is 4.39 Å². The molecule has 2 aliphatic rings. The quantitative estimate of drug-likeness (QED) is 0.539. The molecule has 1 fully saturated rings. The molecule has 1 aromatic heterocycles. The van der Waals surface area contributed by atoms with Crippen LogP contribution < -0.4 is 0 Å². The van der Waals surface area contributed by atoms with E-state index in [2.05, 4.69) is 5.10 Å². The molecule has 5 rings (SSSR count). The van der Waals surface area contributed by atoms with E-state index in [0.717, 1.165) is 30.8 Å². The van der Waals surface area contributed by atoms with Crippen LogP contribution in [0.3, 0.4) is 0 Å². The van der Waals surface area contributed by atoms with Gasteiger partial charge in [0.1, 0.15) is 12.1 Å². The van der Waals surface area contributed by atoms with Gasteiger partial charge in [-0.05, 0) is 67.9 Å². The van der Waals surface area contributed by atoms with Crippen LogP contribution in [0.15, 0.2) is 36.4 Å². The molecular formula is C25H20ClFN2O4. The largest absolute Gasteiger partial charge is 0.478 e. The van der Waals surface area contributed by atoms with Gasteiger partial charge in [-0.1, -0.05) is 23.7 Å². The van der Waals surface area contributed by atoms with Gasteiger partial charge in [0.25, 0.3) is 5.91 Å². The molecule has 1 unspecified atom stereocenters. The number of aromatic nitrogens is 2. The fourth-order valence-electron chi connectivity index (χ4n) is 4.59. The minimum atomic E-state index is -1.23. The zero-order valence-corrected chi connectivity index (χ0v) is 18.3. The number of aldehydes is 1. The first-order valence-corrected chi connectivity index (χ1v) is 11.2. The minimum Gasteiger partial charge on any atom is -0.478 e. The number of nitrogens with zero attached hydrogens (tertiary/aromatic N) is 2. The molecule has 33 heavy (non-hydrogen) atoms. The highest BCUT2D eigenvalue weighted by atomic mass is 35.5. The summed E-state index contributed by atoms with van der Waals surface area (Å²) in [4.78, 5) is 36.4.